The third-order valence-corrected chi connectivity index (χ3v) is 3.57. The van der Waals surface area contributed by atoms with Crippen LogP contribution in [0.2, 0.25) is 0 Å². The van der Waals surface area contributed by atoms with E-state index in [2.05, 4.69) is 0 Å². The average molecular weight is 301 g/mol. The fraction of sp³-hybridized carbons (Fsp3) is 0.462. The van der Waals surface area contributed by atoms with Gasteiger partial charge in [-0.25, -0.2) is 5.06 Å². The molecule has 0 heterocycles. The minimum absolute atomic E-state index is 0.159. The molecule has 0 fully saturated rings. The van der Waals surface area contributed by atoms with Gasteiger partial charge in [0.1, 0.15) is 6.61 Å². The number of hydrogen-bond donors (Lipinski definition) is 2. The molecule has 0 saturated carbocycles. The highest BCUT2D eigenvalue weighted by Gasteiger charge is 2.15. The van der Waals surface area contributed by atoms with Crippen LogP contribution in [0.5, 0.6) is 0 Å². The van der Waals surface area contributed by atoms with Gasteiger partial charge in [-0.3, -0.25) is 14.2 Å². The number of carbonyl (C=O) groups is 1. The van der Waals surface area contributed by atoms with Crippen molar-refractivity contribution in [2.24, 2.45) is 0 Å². The maximum absolute atomic E-state index is 11.4. The first kappa shape index (κ1) is 16.9. The Morgan fingerprint density at radius 1 is 1.30 bits per heavy atom. The number of nitrogens with zero attached hydrogens (tertiary/aromatic N) is 1. The van der Waals surface area contributed by atoms with Gasteiger partial charge in [-0.05, 0) is 18.9 Å². The van der Waals surface area contributed by atoms with Crippen LogP contribution in [0.4, 0.5) is 0 Å². The van der Waals surface area contributed by atoms with Crippen molar-refractivity contribution in [2.45, 2.75) is 26.9 Å². The van der Waals surface area contributed by atoms with Crippen molar-refractivity contribution < 1.29 is 24.0 Å². The lowest BCUT2D eigenvalue weighted by Crippen LogP contribution is -2.30. The average Bonchev–Trinajstić information content (AvgIpc) is 2.33. The Morgan fingerprint density at radius 3 is 2.40 bits per heavy atom. The molecule has 0 bridgehead atoms. The molecule has 112 valence electrons. The number of hydroxylamine groups is 2. The van der Waals surface area contributed by atoms with Gasteiger partial charge in [0, 0.05) is 13.5 Å². The zero-order valence-corrected chi connectivity index (χ0v) is 12.5. The maximum Gasteiger partial charge on any atom is 0.325 e. The quantitative estimate of drug-likeness (QED) is 0.593. The van der Waals surface area contributed by atoms with Crippen LogP contribution in [0.3, 0.4) is 0 Å². The molecule has 0 aromatic heterocycles. The smallest absolute Gasteiger partial charge is 0.324 e. The predicted octanol–water partition coefficient (Wildman–Crippen LogP) is 1.84. The van der Waals surface area contributed by atoms with E-state index in [1.54, 1.807) is 0 Å². The van der Waals surface area contributed by atoms with E-state index in [9.17, 15) is 9.36 Å². The van der Waals surface area contributed by atoms with Crippen molar-refractivity contribution in [3.8, 4) is 0 Å². The summed E-state index contributed by atoms with van der Waals surface area (Å²) >= 11 is 0. The highest BCUT2D eigenvalue weighted by Crippen LogP contribution is 2.34. The van der Waals surface area contributed by atoms with Crippen LogP contribution in [0.15, 0.2) is 24.3 Å². The molecule has 0 atom stereocenters. The largest absolute Gasteiger partial charge is 0.325 e. The standard InChI is InChI=1S/C13H20NO5P/c1-11-4-6-13(7-5-11)10-19-14(12(2)15)8-3-9-20(16,17)18/h4-7H,3,8-10H2,1-2H3,(H2,16,17,18). The first-order chi connectivity index (χ1) is 9.28. The van der Waals surface area contributed by atoms with Crippen molar-refractivity contribution in [3.63, 3.8) is 0 Å². The summed E-state index contributed by atoms with van der Waals surface area (Å²) < 4.78 is 10.7. The molecule has 20 heavy (non-hydrogen) atoms. The fourth-order valence-corrected chi connectivity index (χ4v) is 2.12. The number of rotatable bonds is 7. The van der Waals surface area contributed by atoms with E-state index in [0.717, 1.165) is 16.2 Å². The monoisotopic (exact) mass is 301 g/mol. The van der Waals surface area contributed by atoms with Gasteiger partial charge in [-0.2, -0.15) is 0 Å². The highest BCUT2D eigenvalue weighted by atomic mass is 31.2. The summed E-state index contributed by atoms with van der Waals surface area (Å²) in [5, 5.41) is 1.13. The van der Waals surface area contributed by atoms with Gasteiger partial charge >= 0.3 is 7.60 Å². The zero-order valence-electron chi connectivity index (χ0n) is 11.7. The lowest BCUT2D eigenvalue weighted by atomic mass is 10.2. The number of amides is 1. The van der Waals surface area contributed by atoms with Crippen LogP contribution < -0.4 is 0 Å². The molecule has 2 N–H and O–H groups in total. The van der Waals surface area contributed by atoms with Crippen LogP contribution in [-0.4, -0.2) is 33.5 Å². The first-order valence-electron chi connectivity index (χ1n) is 6.29. The Balaban J connectivity index is 2.45. The summed E-state index contributed by atoms with van der Waals surface area (Å²) in [6, 6.07) is 7.71. The van der Waals surface area contributed by atoms with Crippen molar-refractivity contribution in [2.75, 3.05) is 12.7 Å². The van der Waals surface area contributed by atoms with Gasteiger partial charge in [-0.15, -0.1) is 0 Å². The van der Waals surface area contributed by atoms with Crippen LogP contribution in [0, 0.1) is 6.92 Å². The van der Waals surface area contributed by atoms with Crippen LogP contribution in [0.25, 0.3) is 0 Å². The summed E-state index contributed by atoms with van der Waals surface area (Å²) in [6.45, 7) is 3.74. The molecule has 1 aromatic rings. The van der Waals surface area contributed by atoms with E-state index in [-0.39, 0.29) is 31.6 Å². The van der Waals surface area contributed by atoms with Crippen molar-refractivity contribution in [1.29, 1.82) is 0 Å². The number of benzene rings is 1. The molecular weight excluding hydrogens is 281 g/mol. The van der Waals surface area contributed by atoms with Gasteiger partial charge in [0.2, 0.25) is 5.91 Å². The predicted molar refractivity (Wildman–Crippen MR) is 74.9 cm³/mol. The van der Waals surface area contributed by atoms with E-state index < -0.39 is 7.60 Å². The second kappa shape index (κ2) is 7.55. The van der Waals surface area contributed by atoms with Crippen LogP contribution >= 0.6 is 7.60 Å². The third kappa shape index (κ3) is 6.82. The van der Waals surface area contributed by atoms with Gasteiger partial charge in [0.25, 0.3) is 0 Å². The van der Waals surface area contributed by atoms with Crippen molar-refractivity contribution >= 4 is 13.5 Å². The Labute approximate surface area is 118 Å². The molecule has 0 unspecified atom stereocenters. The summed E-state index contributed by atoms with van der Waals surface area (Å²) in [6.07, 6.45) is -0.0670. The molecule has 0 spiro atoms. The second-order valence-corrected chi connectivity index (χ2v) is 6.40. The van der Waals surface area contributed by atoms with Gasteiger partial charge in [0.05, 0.1) is 6.16 Å². The lowest BCUT2D eigenvalue weighted by Gasteiger charge is -2.20. The molecule has 7 heteroatoms. The van der Waals surface area contributed by atoms with E-state index >= 15 is 0 Å². The Morgan fingerprint density at radius 2 is 1.90 bits per heavy atom. The van der Waals surface area contributed by atoms with Crippen LogP contribution in [0.1, 0.15) is 24.5 Å². The summed E-state index contributed by atoms with van der Waals surface area (Å²) in [5.41, 5.74) is 2.07. The molecule has 1 aromatic carbocycles. The van der Waals surface area contributed by atoms with E-state index in [1.807, 2.05) is 31.2 Å². The lowest BCUT2D eigenvalue weighted by molar-refractivity contribution is -0.189. The minimum Gasteiger partial charge on any atom is -0.324 e. The highest BCUT2D eigenvalue weighted by molar-refractivity contribution is 7.51. The van der Waals surface area contributed by atoms with E-state index in [1.165, 1.54) is 6.92 Å². The van der Waals surface area contributed by atoms with Crippen LogP contribution in [-0.2, 0) is 20.8 Å². The molecule has 1 amide bonds. The zero-order chi connectivity index (χ0) is 15.2. The molecule has 0 aliphatic rings. The maximum atomic E-state index is 11.4. The molecule has 6 nitrogen and oxygen atoms in total. The molecule has 0 aliphatic heterocycles. The summed E-state index contributed by atoms with van der Waals surface area (Å²) in [4.78, 5) is 34.3. The topological polar surface area (TPSA) is 87.1 Å². The van der Waals surface area contributed by atoms with Gasteiger partial charge in [-0.1, -0.05) is 29.8 Å². The Hall–Kier alpha value is -1.20. The summed E-state index contributed by atoms with van der Waals surface area (Å²) in [5.74, 6) is -0.289. The molecule has 0 aliphatic carbocycles. The molecule has 0 saturated heterocycles. The van der Waals surface area contributed by atoms with Gasteiger partial charge in [0.15, 0.2) is 0 Å². The minimum atomic E-state index is -4.03. The number of carbonyl (C=O) groups excluding carboxylic acids is 1. The molecular formula is C13H20NO5P. The molecule has 1 rings (SSSR count). The number of hydrogen-bond acceptors (Lipinski definition) is 3. The van der Waals surface area contributed by atoms with E-state index in [0.29, 0.717) is 0 Å². The van der Waals surface area contributed by atoms with E-state index in [4.69, 9.17) is 14.6 Å². The van der Waals surface area contributed by atoms with Gasteiger partial charge < -0.3 is 9.79 Å². The SMILES string of the molecule is CC(=O)N(CCCP(=O)(O)O)OCc1ccc(C)cc1. The molecule has 0 radical (unpaired) electrons. The van der Waals surface area contributed by atoms with Crippen molar-refractivity contribution in [3.05, 3.63) is 35.4 Å². The Kier molecular flexibility index (Phi) is 6.36. The normalized spacial score (nSPS) is 11.4. The number of aryl methyl sites for hydroxylation is 1. The Bertz CT molecular complexity index is 482. The fourth-order valence-electron chi connectivity index (χ4n) is 1.57. The van der Waals surface area contributed by atoms with Crippen molar-refractivity contribution in [1.82, 2.24) is 5.06 Å². The summed E-state index contributed by atoms with van der Waals surface area (Å²) in [7, 11) is -4.03. The third-order valence-electron chi connectivity index (χ3n) is 2.67. The second-order valence-electron chi connectivity index (χ2n) is 4.62. The first-order valence-corrected chi connectivity index (χ1v) is 8.09.